The molecule has 0 aliphatic carbocycles. The molecule has 1 atom stereocenters. The Balaban J connectivity index is 2.56. The molecule has 0 aliphatic heterocycles. The number of rotatable bonds is 4. The molecule has 19 heavy (non-hydrogen) atoms. The van der Waals surface area contributed by atoms with Crippen LogP contribution in [0.2, 0.25) is 0 Å². The molecule has 0 bridgehead atoms. The van der Waals surface area contributed by atoms with E-state index in [-0.39, 0.29) is 17.4 Å². The zero-order valence-corrected chi connectivity index (χ0v) is 11.7. The van der Waals surface area contributed by atoms with E-state index >= 15 is 0 Å². The first-order chi connectivity index (χ1) is 8.82. The van der Waals surface area contributed by atoms with E-state index in [2.05, 4.69) is 11.4 Å². The molecular formula is C15H21N3O. The summed E-state index contributed by atoms with van der Waals surface area (Å²) in [6.45, 7) is 6.05. The highest BCUT2D eigenvalue weighted by atomic mass is 16.1. The van der Waals surface area contributed by atoms with E-state index in [4.69, 9.17) is 11.0 Å². The number of anilines is 1. The molecule has 0 aliphatic rings. The van der Waals surface area contributed by atoms with E-state index in [0.717, 1.165) is 11.3 Å². The number of hydrogen-bond acceptors (Lipinski definition) is 3. The second-order valence-electron chi connectivity index (χ2n) is 5.76. The predicted octanol–water partition coefficient (Wildman–Crippen LogP) is 2.45. The monoisotopic (exact) mass is 259 g/mol. The molecule has 1 rings (SSSR count). The van der Waals surface area contributed by atoms with Crippen LogP contribution in [-0.4, -0.2) is 11.9 Å². The Morgan fingerprint density at radius 3 is 2.42 bits per heavy atom. The average Bonchev–Trinajstić information content (AvgIpc) is 2.30. The summed E-state index contributed by atoms with van der Waals surface area (Å²) in [5.74, 6) is -0.0875. The molecule has 3 N–H and O–H groups in total. The molecule has 1 unspecified atom stereocenters. The van der Waals surface area contributed by atoms with Crippen molar-refractivity contribution in [3.05, 3.63) is 29.8 Å². The van der Waals surface area contributed by atoms with Crippen molar-refractivity contribution in [3.63, 3.8) is 0 Å². The molecule has 0 spiro atoms. The van der Waals surface area contributed by atoms with Crippen LogP contribution in [0, 0.1) is 16.7 Å². The van der Waals surface area contributed by atoms with Gasteiger partial charge >= 0.3 is 0 Å². The predicted molar refractivity (Wildman–Crippen MR) is 76.4 cm³/mol. The van der Waals surface area contributed by atoms with Gasteiger partial charge in [0.2, 0.25) is 5.91 Å². The van der Waals surface area contributed by atoms with Crippen LogP contribution in [0.4, 0.5) is 5.69 Å². The van der Waals surface area contributed by atoms with Gasteiger partial charge < -0.3 is 11.1 Å². The van der Waals surface area contributed by atoms with Crippen LogP contribution in [0.1, 0.15) is 32.8 Å². The summed E-state index contributed by atoms with van der Waals surface area (Å²) >= 11 is 0. The third kappa shape index (κ3) is 5.11. The average molecular weight is 259 g/mol. The van der Waals surface area contributed by atoms with Crippen LogP contribution < -0.4 is 11.1 Å². The number of hydrogen-bond donors (Lipinski definition) is 2. The lowest BCUT2D eigenvalue weighted by molar-refractivity contribution is -0.117. The van der Waals surface area contributed by atoms with Crippen LogP contribution in [0.5, 0.6) is 0 Å². The maximum Gasteiger partial charge on any atom is 0.225 e. The van der Waals surface area contributed by atoms with Crippen LogP contribution >= 0.6 is 0 Å². The molecule has 0 radical (unpaired) electrons. The summed E-state index contributed by atoms with van der Waals surface area (Å²) < 4.78 is 0. The standard InChI is InChI=1S/C15H21N3O/c1-15(2,3)13(17)10-14(19)18-12-6-4-11(5-7-12)8-9-16/h4-7,13H,8,10,17H2,1-3H3,(H,18,19). The molecule has 0 heterocycles. The van der Waals surface area contributed by atoms with Crippen molar-refractivity contribution >= 4 is 11.6 Å². The molecule has 1 amide bonds. The van der Waals surface area contributed by atoms with E-state index in [9.17, 15) is 4.79 Å². The number of nitrogens with zero attached hydrogens (tertiary/aromatic N) is 1. The fourth-order valence-electron chi connectivity index (χ4n) is 1.52. The number of nitrogens with one attached hydrogen (secondary N) is 1. The fraction of sp³-hybridized carbons (Fsp3) is 0.467. The lowest BCUT2D eigenvalue weighted by atomic mass is 9.85. The van der Waals surface area contributed by atoms with Crippen molar-refractivity contribution in [2.24, 2.45) is 11.1 Å². The number of benzene rings is 1. The van der Waals surface area contributed by atoms with Gasteiger partial charge in [-0.05, 0) is 23.1 Å². The van der Waals surface area contributed by atoms with E-state index in [1.54, 1.807) is 12.1 Å². The quantitative estimate of drug-likeness (QED) is 0.871. The maximum absolute atomic E-state index is 11.8. The molecule has 0 fully saturated rings. The van der Waals surface area contributed by atoms with E-state index in [1.807, 2.05) is 32.9 Å². The van der Waals surface area contributed by atoms with Crippen molar-refractivity contribution in [2.45, 2.75) is 39.7 Å². The van der Waals surface area contributed by atoms with Gasteiger partial charge in [0, 0.05) is 18.2 Å². The lowest BCUT2D eigenvalue weighted by Crippen LogP contribution is -2.38. The fourth-order valence-corrected chi connectivity index (χ4v) is 1.52. The van der Waals surface area contributed by atoms with E-state index < -0.39 is 0 Å². The highest BCUT2D eigenvalue weighted by Gasteiger charge is 2.23. The van der Waals surface area contributed by atoms with Crippen molar-refractivity contribution < 1.29 is 4.79 Å². The number of nitrogens with two attached hydrogens (primary N) is 1. The first-order valence-corrected chi connectivity index (χ1v) is 6.34. The van der Waals surface area contributed by atoms with Crippen LogP contribution in [0.15, 0.2) is 24.3 Å². The van der Waals surface area contributed by atoms with Crippen molar-refractivity contribution in [3.8, 4) is 6.07 Å². The van der Waals surface area contributed by atoms with E-state index in [0.29, 0.717) is 12.8 Å². The first-order valence-electron chi connectivity index (χ1n) is 6.34. The zero-order chi connectivity index (χ0) is 14.5. The summed E-state index contributed by atoms with van der Waals surface area (Å²) in [5.41, 5.74) is 7.55. The SMILES string of the molecule is CC(C)(C)C(N)CC(=O)Nc1ccc(CC#N)cc1. The lowest BCUT2D eigenvalue weighted by Gasteiger charge is -2.26. The number of amides is 1. The van der Waals surface area contributed by atoms with Gasteiger partial charge in [0.1, 0.15) is 0 Å². The Hall–Kier alpha value is -1.86. The summed E-state index contributed by atoms with van der Waals surface area (Å²) in [6.07, 6.45) is 0.673. The van der Waals surface area contributed by atoms with Gasteiger partial charge in [-0.3, -0.25) is 4.79 Å². The Morgan fingerprint density at radius 2 is 1.95 bits per heavy atom. The van der Waals surface area contributed by atoms with Crippen molar-refractivity contribution in [2.75, 3.05) is 5.32 Å². The number of carbonyl (C=O) groups excluding carboxylic acids is 1. The summed E-state index contributed by atoms with van der Waals surface area (Å²) in [4.78, 5) is 11.8. The number of nitriles is 1. The summed E-state index contributed by atoms with van der Waals surface area (Å²) in [5, 5.41) is 11.4. The summed E-state index contributed by atoms with van der Waals surface area (Å²) in [6, 6.07) is 9.18. The molecule has 1 aromatic rings. The first kappa shape index (κ1) is 15.2. The van der Waals surface area contributed by atoms with Gasteiger partial charge in [0.05, 0.1) is 12.5 Å². The smallest absolute Gasteiger partial charge is 0.225 e. The minimum atomic E-state index is -0.176. The molecule has 4 nitrogen and oxygen atoms in total. The Morgan fingerprint density at radius 1 is 1.37 bits per heavy atom. The van der Waals surface area contributed by atoms with Gasteiger partial charge in [-0.2, -0.15) is 5.26 Å². The van der Waals surface area contributed by atoms with Gasteiger partial charge in [-0.15, -0.1) is 0 Å². The maximum atomic E-state index is 11.8. The molecule has 1 aromatic carbocycles. The topological polar surface area (TPSA) is 78.9 Å². The van der Waals surface area contributed by atoms with Crippen LogP contribution in [-0.2, 0) is 11.2 Å². The molecule has 4 heteroatoms. The highest BCUT2D eigenvalue weighted by Crippen LogP contribution is 2.20. The third-order valence-electron chi connectivity index (χ3n) is 3.04. The van der Waals surface area contributed by atoms with Gasteiger partial charge in [0.15, 0.2) is 0 Å². The Kier molecular flexibility index (Phi) is 5.08. The highest BCUT2D eigenvalue weighted by molar-refractivity contribution is 5.91. The second kappa shape index (κ2) is 6.35. The van der Waals surface area contributed by atoms with Gasteiger partial charge in [0.25, 0.3) is 0 Å². The molecule has 0 aromatic heterocycles. The number of carbonyl (C=O) groups is 1. The third-order valence-corrected chi connectivity index (χ3v) is 3.04. The Labute approximate surface area is 114 Å². The van der Waals surface area contributed by atoms with Gasteiger partial charge in [-0.1, -0.05) is 32.9 Å². The zero-order valence-electron chi connectivity index (χ0n) is 11.7. The van der Waals surface area contributed by atoms with Crippen molar-refractivity contribution in [1.29, 1.82) is 5.26 Å². The van der Waals surface area contributed by atoms with Crippen LogP contribution in [0.3, 0.4) is 0 Å². The normalized spacial score (nSPS) is 12.6. The second-order valence-corrected chi connectivity index (χ2v) is 5.76. The molecule has 0 saturated heterocycles. The molecular weight excluding hydrogens is 238 g/mol. The summed E-state index contributed by atoms with van der Waals surface area (Å²) in [7, 11) is 0. The van der Waals surface area contributed by atoms with Crippen molar-refractivity contribution in [1.82, 2.24) is 0 Å². The van der Waals surface area contributed by atoms with Crippen LogP contribution in [0.25, 0.3) is 0 Å². The Bertz CT molecular complexity index is 466. The molecule has 102 valence electrons. The van der Waals surface area contributed by atoms with Gasteiger partial charge in [-0.25, -0.2) is 0 Å². The molecule has 0 saturated carbocycles. The van der Waals surface area contributed by atoms with E-state index in [1.165, 1.54) is 0 Å². The minimum Gasteiger partial charge on any atom is -0.327 e. The minimum absolute atomic E-state index is 0.0875. The largest absolute Gasteiger partial charge is 0.327 e.